The Labute approximate surface area is 136 Å². The Hall–Kier alpha value is -2.01. The zero-order valence-electron chi connectivity index (χ0n) is 14.0. The van der Waals surface area contributed by atoms with Gasteiger partial charge in [-0.1, -0.05) is 0 Å². The van der Waals surface area contributed by atoms with Gasteiger partial charge in [-0.15, -0.1) is 0 Å². The van der Waals surface area contributed by atoms with Crippen LogP contribution in [0, 0.1) is 6.92 Å². The molecule has 1 amide bonds. The van der Waals surface area contributed by atoms with E-state index in [1.165, 1.54) is 12.8 Å². The van der Waals surface area contributed by atoms with Crippen LogP contribution in [0.15, 0.2) is 22.6 Å². The molecule has 0 saturated carbocycles. The van der Waals surface area contributed by atoms with Gasteiger partial charge in [0.2, 0.25) is 0 Å². The van der Waals surface area contributed by atoms with E-state index in [4.69, 9.17) is 9.15 Å². The largest absolute Gasteiger partial charge is 0.497 e. The quantitative estimate of drug-likeness (QED) is 0.921. The highest BCUT2D eigenvalue weighted by Crippen LogP contribution is 2.28. The average Bonchev–Trinajstić information content (AvgIpc) is 3.15. The van der Waals surface area contributed by atoms with Crippen molar-refractivity contribution in [2.75, 3.05) is 26.7 Å². The Morgan fingerprint density at radius 2 is 2.13 bits per heavy atom. The van der Waals surface area contributed by atoms with Gasteiger partial charge in [0.05, 0.1) is 7.11 Å². The molecule has 0 unspecified atom stereocenters. The van der Waals surface area contributed by atoms with Crippen LogP contribution in [0.1, 0.15) is 35.9 Å². The van der Waals surface area contributed by atoms with E-state index < -0.39 is 0 Å². The molecule has 1 saturated heterocycles. The number of benzene rings is 1. The Morgan fingerprint density at radius 1 is 1.39 bits per heavy atom. The molecule has 0 radical (unpaired) electrons. The van der Waals surface area contributed by atoms with Crippen LogP contribution < -0.4 is 10.1 Å². The van der Waals surface area contributed by atoms with Crippen molar-refractivity contribution in [1.29, 1.82) is 0 Å². The van der Waals surface area contributed by atoms with Crippen molar-refractivity contribution < 1.29 is 13.9 Å². The zero-order chi connectivity index (χ0) is 16.4. The Morgan fingerprint density at radius 3 is 2.83 bits per heavy atom. The van der Waals surface area contributed by atoms with Crippen molar-refractivity contribution in [3.8, 4) is 5.75 Å². The summed E-state index contributed by atoms with van der Waals surface area (Å²) in [5.74, 6) is 0.964. The second-order valence-electron chi connectivity index (χ2n) is 6.30. The van der Waals surface area contributed by atoms with Gasteiger partial charge in [-0.3, -0.25) is 4.79 Å². The lowest BCUT2D eigenvalue weighted by atomic mass is 10.1. The van der Waals surface area contributed by atoms with E-state index in [2.05, 4.69) is 10.2 Å². The van der Waals surface area contributed by atoms with Crippen LogP contribution in [0.3, 0.4) is 0 Å². The molecule has 5 nitrogen and oxygen atoms in total. The summed E-state index contributed by atoms with van der Waals surface area (Å²) in [6.07, 6.45) is 2.51. The Bertz CT molecular complexity index is 702. The third kappa shape index (κ3) is 3.34. The summed E-state index contributed by atoms with van der Waals surface area (Å²) < 4.78 is 11.0. The molecule has 1 aliphatic rings. The normalized spacial score (nSPS) is 16.7. The van der Waals surface area contributed by atoms with E-state index in [0.29, 0.717) is 11.3 Å². The maximum atomic E-state index is 12.5. The molecular formula is C18H24N2O3. The molecule has 2 aromatic rings. The van der Waals surface area contributed by atoms with Crippen LogP contribution in [-0.2, 0) is 0 Å². The molecule has 23 heavy (non-hydrogen) atoms. The summed E-state index contributed by atoms with van der Waals surface area (Å²) in [4.78, 5) is 14.9. The van der Waals surface area contributed by atoms with E-state index in [-0.39, 0.29) is 11.9 Å². The third-order valence-electron chi connectivity index (χ3n) is 4.46. The number of ether oxygens (including phenoxy) is 1. The molecular weight excluding hydrogens is 292 g/mol. The van der Waals surface area contributed by atoms with Crippen LogP contribution in [0.2, 0.25) is 0 Å². The number of hydrogen-bond donors (Lipinski definition) is 1. The first-order chi connectivity index (χ1) is 11.1. The second-order valence-corrected chi connectivity index (χ2v) is 6.30. The fourth-order valence-electron chi connectivity index (χ4n) is 3.24. The summed E-state index contributed by atoms with van der Waals surface area (Å²) >= 11 is 0. The highest BCUT2D eigenvalue weighted by atomic mass is 16.5. The van der Waals surface area contributed by atoms with Crippen LogP contribution >= 0.6 is 0 Å². The molecule has 5 heteroatoms. The number of furan rings is 1. The van der Waals surface area contributed by atoms with E-state index in [1.54, 1.807) is 7.11 Å². The first-order valence-corrected chi connectivity index (χ1v) is 8.19. The van der Waals surface area contributed by atoms with Crippen molar-refractivity contribution in [3.05, 3.63) is 29.5 Å². The van der Waals surface area contributed by atoms with Gasteiger partial charge in [-0.05, 0) is 51.9 Å². The van der Waals surface area contributed by atoms with Crippen molar-refractivity contribution in [2.24, 2.45) is 0 Å². The van der Waals surface area contributed by atoms with Crippen LogP contribution in [-0.4, -0.2) is 43.6 Å². The van der Waals surface area contributed by atoms with Gasteiger partial charge in [0.25, 0.3) is 5.91 Å². The number of nitrogens with one attached hydrogen (secondary N) is 1. The molecule has 0 aliphatic carbocycles. The second kappa shape index (κ2) is 6.62. The fraction of sp³-hybridized carbons (Fsp3) is 0.500. The van der Waals surface area contributed by atoms with Crippen LogP contribution in [0.5, 0.6) is 5.75 Å². The lowest BCUT2D eigenvalue weighted by molar-refractivity contribution is 0.0905. The SMILES string of the molecule is COc1ccc2c(C)c(C(=O)N[C@@H](C)CN3CCCC3)oc2c1. The molecule has 3 rings (SSSR count). The standard InChI is InChI=1S/C18H24N2O3/c1-12(11-20-8-4-5-9-20)19-18(21)17-13(2)15-7-6-14(22-3)10-16(15)23-17/h6-7,10,12H,4-5,8-9,11H2,1-3H3,(H,19,21)/t12-/m0/s1. The predicted molar refractivity (Wildman–Crippen MR) is 90.1 cm³/mol. The summed E-state index contributed by atoms with van der Waals surface area (Å²) in [6, 6.07) is 5.72. The number of nitrogens with zero attached hydrogens (tertiary/aromatic N) is 1. The topological polar surface area (TPSA) is 54.7 Å². The summed E-state index contributed by atoms with van der Waals surface area (Å²) in [5.41, 5.74) is 1.55. The lowest BCUT2D eigenvalue weighted by Gasteiger charge is -2.20. The molecule has 2 heterocycles. The molecule has 0 bridgehead atoms. The number of carbonyl (C=O) groups excluding carboxylic acids is 1. The van der Waals surface area contributed by atoms with Crippen LogP contribution in [0.4, 0.5) is 0 Å². The zero-order valence-corrected chi connectivity index (χ0v) is 14.0. The van der Waals surface area contributed by atoms with Gasteiger partial charge in [0.15, 0.2) is 5.76 Å². The molecule has 1 N–H and O–H groups in total. The summed E-state index contributed by atoms with van der Waals surface area (Å²) in [5, 5.41) is 4.00. The smallest absolute Gasteiger partial charge is 0.287 e. The monoisotopic (exact) mass is 316 g/mol. The average molecular weight is 316 g/mol. The minimum absolute atomic E-state index is 0.0998. The first-order valence-electron chi connectivity index (χ1n) is 8.19. The van der Waals surface area contributed by atoms with Gasteiger partial charge in [0, 0.05) is 29.6 Å². The maximum absolute atomic E-state index is 12.5. The minimum atomic E-state index is -0.149. The van der Waals surface area contributed by atoms with E-state index in [9.17, 15) is 4.79 Å². The number of hydrogen-bond acceptors (Lipinski definition) is 4. The van der Waals surface area contributed by atoms with Gasteiger partial charge >= 0.3 is 0 Å². The van der Waals surface area contributed by atoms with E-state index in [1.807, 2.05) is 32.0 Å². The van der Waals surface area contributed by atoms with Crippen molar-refractivity contribution in [3.63, 3.8) is 0 Å². The number of aryl methyl sites for hydroxylation is 1. The molecule has 0 spiro atoms. The molecule has 1 atom stereocenters. The first kappa shape index (κ1) is 15.9. The third-order valence-corrected chi connectivity index (χ3v) is 4.46. The molecule has 1 aromatic heterocycles. The lowest BCUT2D eigenvalue weighted by Crippen LogP contribution is -2.41. The molecule has 1 fully saturated rings. The summed E-state index contributed by atoms with van der Waals surface area (Å²) in [7, 11) is 1.62. The van der Waals surface area contributed by atoms with Crippen molar-refractivity contribution >= 4 is 16.9 Å². The number of rotatable bonds is 5. The number of fused-ring (bicyclic) bond motifs is 1. The highest BCUT2D eigenvalue weighted by Gasteiger charge is 2.21. The van der Waals surface area contributed by atoms with Gasteiger partial charge < -0.3 is 19.4 Å². The number of amides is 1. The van der Waals surface area contributed by atoms with E-state index in [0.717, 1.165) is 36.3 Å². The Kier molecular flexibility index (Phi) is 4.57. The fourth-order valence-corrected chi connectivity index (χ4v) is 3.24. The number of likely N-dealkylation sites (tertiary alicyclic amines) is 1. The van der Waals surface area contributed by atoms with Crippen molar-refractivity contribution in [2.45, 2.75) is 32.7 Å². The molecule has 124 valence electrons. The maximum Gasteiger partial charge on any atom is 0.287 e. The highest BCUT2D eigenvalue weighted by molar-refractivity contribution is 5.99. The van der Waals surface area contributed by atoms with Crippen LogP contribution in [0.25, 0.3) is 11.0 Å². The van der Waals surface area contributed by atoms with Gasteiger partial charge in [-0.2, -0.15) is 0 Å². The Balaban J connectivity index is 1.73. The number of methoxy groups -OCH3 is 1. The molecule has 1 aromatic carbocycles. The van der Waals surface area contributed by atoms with E-state index >= 15 is 0 Å². The predicted octanol–water partition coefficient (Wildman–Crippen LogP) is 2.96. The van der Waals surface area contributed by atoms with Gasteiger partial charge in [-0.25, -0.2) is 0 Å². The minimum Gasteiger partial charge on any atom is -0.497 e. The summed E-state index contributed by atoms with van der Waals surface area (Å²) in [6.45, 7) is 7.10. The number of carbonyl (C=O) groups is 1. The molecule has 1 aliphatic heterocycles. The van der Waals surface area contributed by atoms with Gasteiger partial charge in [0.1, 0.15) is 11.3 Å². The van der Waals surface area contributed by atoms with Crippen molar-refractivity contribution in [1.82, 2.24) is 10.2 Å².